The largest absolute Gasteiger partial charge is 0.378 e. The molecule has 1 aromatic carbocycles. The molecule has 2 aromatic rings. The molecule has 0 aliphatic rings. The van der Waals surface area contributed by atoms with Crippen molar-refractivity contribution in [1.82, 2.24) is 9.78 Å². The molecule has 0 atom stereocenters. The first-order chi connectivity index (χ1) is 8.06. The monoisotopic (exact) mass is 293 g/mol. The number of aromatic nitrogens is 2. The molecule has 90 valence electrons. The highest BCUT2D eigenvalue weighted by Crippen LogP contribution is 2.23. The SMILES string of the molecule is Cc1ccc(Br)c(NCc2cc(C)nn2C)c1. The van der Waals surface area contributed by atoms with Gasteiger partial charge >= 0.3 is 0 Å². The van der Waals surface area contributed by atoms with Crippen LogP contribution in [0.5, 0.6) is 0 Å². The van der Waals surface area contributed by atoms with E-state index < -0.39 is 0 Å². The van der Waals surface area contributed by atoms with Gasteiger partial charge in [0.15, 0.2) is 0 Å². The lowest BCUT2D eigenvalue weighted by Gasteiger charge is -2.09. The summed E-state index contributed by atoms with van der Waals surface area (Å²) in [5.41, 5.74) is 4.59. The van der Waals surface area contributed by atoms with E-state index in [9.17, 15) is 0 Å². The molecule has 2 rings (SSSR count). The number of hydrogen-bond acceptors (Lipinski definition) is 2. The Morgan fingerprint density at radius 3 is 2.71 bits per heavy atom. The topological polar surface area (TPSA) is 29.9 Å². The third-order valence-corrected chi connectivity index (χ3v) is 3.37. The number of nitrogens with zero attached hydrogens (tertiary/aromatic N) is 2. The van der Waals surface area contributed by atoms with E-state index in [-0.39, 0.29) is 0 Å². The fourth-order valence-electron chi connectivity index (χ4n) is 1.79. The molecule has 0 fully saturated rings. The van der Waals surface area contributed by atoms with Gasteiger partial charge in [-0.2, -0.15) is 5.10 Å². The van der Waals surface area contributed by atoms with Crippen LogP contribution in [0.1, 0.15) is 17.0 Å². The third kappa shape index (κ3) is 2.88. The van der Waals surface area contributed by atoms with Crippen LogP contribution in [0.2, 0.25) is 0 Å². The minimum absolute atomic E-state index is 0.777. The van der Waals surface area contributed by atoms with E-state index in [1.54, 1.807) is 0 Å². The van der Waals surface area contributed by atoms with Gasteiger partial charge in [-0.3, -0.25) is 4.68 Å². The summed E-state index contributed by atoms with van der Waals surface area (Å²) in [6.45, 7) is 4.87. The highest BCUT2D eigenvalue weighted by Gasteiger charge is 2.03. The molecule has 3 nitrogen and oxygen atoms in total. The summed E-state index contributed by atoms with van der Waals surface area (Å²) in [5.74, 6) is 0. The Morgan fingerprint density at radius 2 is 2.06 bits per heavy atom. The first-order valence-corrected chi connectivity index (χ1v) is 6.35. The molecular formula is C13H16BrN3. The summed E-state index contributed by atoms with van der Waals surface area (Å²) >= 11 is 3.54. The number of hydrogen-bond donors (Lipinski definition) is 1. The molecule has 0 amide bonds. The van der Waals surface area contributed by atoms with Crippen LogP contribution in [0.3, 0.4) is 0 Å². The van der Waals surface area contributed by atoms with Crippen molar-refractivity contribution in [2.24, 2.45) is 7.05 Å². The minimum Gasteiger partial charge on any atom is -0.378 e. The zero-order valence-electron chi connectivity index (χ0n) is 10.3. The number of anilines is 1. The van der Waals surface area contributed by atoms with Crippen LogP contribution in [0.15, 0.2) is 28.7 Å². The molecule has 0 spiro atoms. The highest BCUT2D eigenvalue weighted by molar-refractivity contribution is 9.10. The van der Waals surface area contributed by atoms with Gasteiger partial charge in [-0.25, -0.2) is 0 Å². The van der Waals surface area contributed by atoms with Gasteiger partial charge in [-0.1, -0.05) is 6.07 Å². The first kappa shape index (κ1) is 12.2. The van der Waals surface area contributed by atoms with Crippen LogP contribution in [0.4, 0.5) is 5.69 Å². The maximum Gasteiger partial charge on any atom is 0.0597 e. The van der Waals surface area contributed by atoms with Crippen molar-refractivity contribution in [2.45, 2.75) is 20.4 Å². The van der Waals surface area contributed by atoms with Crippen molar-refractivity contribution >= 4 is 21.6 Å². The lowest BCUT2D eigenvalue weighted by molar-refractivity contribution is 0.713. The van der Waals surface area contributed by atoms with Crippen LogP contribution in [0.25, 0.3) is 0 Å². The van der Waals surface area contributed by atoms with Crippen LogP contribution >= 0.6 is 15.9 Å². The molecule has 0 saturated carbocycles. The summed E-state index contributed by atoms with van der Waals surface area (Å²) in [7, 11) is 1.97. The van der Waals surface area contributed by atoms with E-state index >= 15 is 0 Å². The predicted molar refractivity (Wildman–Crippen MR) is 74.2 cm³/mol. The highest BCUT2D eigenvalue weighted by atomic mass is 79.9. The number of halogens is 1. The average Bonchev–Trinajstić information content (AvgIpc) is 2.59. The number of aryl methyl sites for hydroxylation is 3. The second kappa shape index (κ2) is 4.92. The summed E-state index contributed by atoms with van der Waals surface area (Å²) < 4.78 is 2.99. The zero-order valence-corrected chi connectivity index (χ0v) is 11.9. The maximum atomic E-state index is 4.33. The van der Waals surface area contributed by atoms with Crippen molar-refractivity contribution in [3.8, 4) is 0 Å². The van der Waals surface area contributed by atoms with E-state index in [1.165, 1.54) is 11.3 Å². The van der Waals surface area contributed by atoms with E-state index in [0.29, 0.717) is 0 Å². The normalized spacial score (nSPS) is 10.6. The summed E-state index contributed by atoms with van der Waals surface area (Å²) in [4.78, 5) is 0. The van der Waals surface area contributed by atoms with Crippen molar-refractivity contribution in [1.29, 1.82) is 0 Å². The maximum absolute atomic E-state index is 4.33. The molecule has 1 aromatic heterocycles. The zero-order chi connectivity index (χ0) is 12.4. The van der Waals surface area contributed by atoms with Gasteiger partial charge in [0.2, 0.25) is 0 Å². The van der Waals surface area contributed by atoms with Gasteiger partial charge in [-0.05, 0) is 53.5 Å². The van der Waals surface area contributed by atoms with E-state index in [0.717, 1.165) is 22.4 Å². The fraction of sp³-hybridized carbons (Fsp3) is 0.308. The molecular weight excluding hydrogens is 278 g/mol. The van der Waals surface area contributed by atoms with Crippen molar-refractivity contribution in [3.05, 3.63) is 45.7 Å². The summed E-state index contributed by atoms with van der Waals surface area (Å²) in [6.07, 6.45) is 0. The Balaban J connectivity index is 2.12. The third-order valence-electron chi connectivity index (χ3n) is 2.68. The fourth-order valence-corrected chi connectivity index (χ4v) is 2.18. The van der Waals surface area contributed by atoms with Gasteiger partial charge in [0.25, 0.3) is 0 Å². The lowest BCUT2D eigenvalue weighted by Crippen LogP contribution is -2.05. The van der Waals surface area contributed by atoms with Crippen LogP contribution in [-0.2, 0) is 13.6 Å². The Morgan fingerprint density at radius 1 is 1.29 bits per heavy atom. The number of nitrogens with one attached hydrogen (secondary N) is 1. The number of rotatable bonds is 3. The molecule has 0 bridgehead atoms. The van der Waals surface area contributed by atoms with Gasteiger partial charge in [0, 0.05) is 17.2 Å². The Kier molecular flexibility index (Phi) is 3.52. The average molecular weight is 294 g/mol. The van der Waals surface area contributed by atoms with Crippen LogP contribution in [0, 0.1) is 13.8 Å². The standard InChI is InChI=1S/C13H16BrN3/c1-9-4-5-12(14)13(6-9)15-8-11-7-10(2)16-17(11)3/h4-7,15H,8H2,1-3H3. The Bertz CT molecular complexity index is 531. The first-order valence-electron chi connectivity index (χ1n) is 5.56. The van der Waals surface area contributed by atoms with E-state index in [1.807, 2.05) is 18.7 Å². The van der Waals surface area contributed by atoms with Gasteiger partial charge in [-0.15, -0.1) is 0 Å². The molecule has 0 unspecified atom stereocenters. The predicted octanol–water partition coefficient (Wildman–Crippen LogP) is 3.41. The lowest BCUT2D eigenvalue weighted by atomic mass is 10.2. The molecule has 0 aliphatic heterocycles. The molecule has 1 N–H and O–H groups in total. The van der Waals surface area contributed by atoms with Gasteiger partial charge < -0.3 is 5.32 Å². The molecule has 0 aliphatic carbocycles. The van der Waals surface area contributed by atoms with Crippen molar-refractivity contribution in [3.63, 3.8) is 0 Å². The molecule has 0 radical (unpaired) electrons. The minimum atomic E-state index is 0.777. The molecule has 1 heterocycles. The van der Waals surface area contributed by atoms with E-state index in [4.69, 9.17) is 0 Å². The van der Waals surface area contributed by atoms with Crippen LogP contribution in [-0.4, -0.2) is 9.78 Å². The second-order valence-electron chi connectivity index (χ2n) is 4.24. The van der Waals surface area contributed by atoms with E-state index in [2.05, 4.69) is 57.5 Å². The summed E-state index contributed by atoms with van der Waals surface area (Å²) in [6, 6.07) is 8.37. The quantitative estimate of drug-likeness (QED) is 0.940. The number of benzene rings is 1. The Labute approximate surface area is 110 Å². The van der Waals surface area contributed by atoms with Crippen molar-refractivity contribution in [2.75, 3.05) is 5.32 Å². The second-order valence-corrected chi connectivity index (χ2v) is 5.09. The Hall–Kier alpha value is -1.29. The smallest absolute Gasteiger partial charge is 0.0597 e. The molecule has 0 saturated heterocycles. The summed E-state index contributed by atoms with van der Waals surface area (Å²) in [5, 5.41) is 7.74. The van der Waals surface area contributed by atoms with Crippen molar-refractivity contribution < 1.29 is 0 Å². The van der Waals surface area contributed by atoms with Gasteiger partial charge in [0.05, 0.1) is 17.9 Å². The molecule has 4 heteroatoms. The van der Waals surface area contributed by atoms with Crippen LogP contribution < -0.4 is 5.32 Å². The van der Waals surface area contributed by atoms with Gasteiger partial charge in [0.1, 0.15) is 0 Å². The molecule has 17 heavy (non-hydrogen) atoms.